The van der Waals surface area contributed by atoms with Gasteiger partial charge >= 0.3 is 0 Å². The lowest BCUT2D eigenvalue weighted by Crippen LogP contribution is -2.19. The Morgan fingerprint density at radius 1 is 1.25 bits per heavy atom. The Kier molecular flexibility index (Phi) is 5.46. The van der Waals surface area contributed by atoms with E-state index in [9.17, 15) is 0 Å². The summed E-state index contributed by atoms with van der Waals surface area (Å²) in [5, 5.41) is 4.54. The molecule has 0 amide bonds. The molecule has 0 saturated heterocycles. The van der Waals surface area contributed by atoms with E-state index in [1.54, 1.807) is 0 Å². The number of halogens is 2. The molecular weight excluding hydrogens is 293 g/mol. The van der Waals surface area contributed by atoms with Crippen LogP contribution in [-0.4, -0.2) is 16.5 Å². The molecule has 20 heavy (non-hydrogen) atoms. The summed E-state index contributed by atoms with van der Waals surface area (Å²) >= 11 is 11.9. The molecule has 0 aliphatic heterocycles. The molecule has 0 unspecified atom stereocenters. The minimum absolute atomic E-state index is 0.577. The fourth-order valence-corrected chi connectivity index (χ4v) is 2.24. The van der Waals surface area contributed by atoms with Crippen molar-refractivity contribution in [1.29, 1.82) is 0 Å². The van der Waals surface area contributed by atoms with Crippen molar-refractivity contribution in [3.8, 4) is 0 Å². The van der Waals surface area contributed by atoms with Crippen molar-refractivity contribution >= 4 is 23.2 Å². The van der Waals surface area contributed by atoms with Gasteiger partial charge in [0.1, 0.15) is 5.82 Å². The zero-order valence-electron chi connectivity index (χ0n) is 11.7. The van der Waals surface area contributed by atoms with E-state index >= 15 is 0 Å². The van der Waals surface area contributed by atoms with Gasteiger partial charge in [-0.05, 0) is 30.2 Å². The molecule has 0 bridgehead atoms. The molecule has 1 aromatic carbocycles. The van der Waals surface area contributed by atoms with E-state index in [1.165, 1.54) is 0 Å². The van der Waals surface area contributed by atoms with Gasteiger partial charge in [0, 0.05) is 24.9 Å². The average molecular weight is 312 g/mol. The van der Waals surface area contributed by atoms with E-state index in [2.05, 4.69) is 29.1 Å². The molecule has 0 saturated carbocycles. The molecule has 2 N–H and O–H groups in total. The van der Waals surface area contributed by atoms with Gasteiger partial charge in [-0.25, -0.2) is 4.98 Å². The number of hydrogen-bond acceptors (Lipinski definition) is 2. The molecule has 1 heterocycles. The monoisotopic (exact) mass is 311 g/mol. The van der Waals surface area contributed by atoms with Gasteiger partial charge in [-0.2, -0.15) is 0 Å². The minimum atomic E-state index is 0.577. The first-order valence-electron chi connectivity index (χ1n) is 6.72. The lowest BCUT2D eigenvalue weighted by atomic mass is 10.1. The number of aromatic nitrogens is 2. The Morgan fingerprint density at radius 2 is 2.05 bits per heavy atom. The summed E-state index contributed by atoms with van der Waals surface area (Å²) in [6.07, 6.45) is 2.60. The molecule has 3 nitrogen and oxygen atoms in total. The van der Waals surface area contributed by atoms with E-state index in [4.69, 9.17) is 23.2 Å². The van der Waals surface area contributed by atoms with Crippen molar-refractivity contribution in [2.24, 2.45) is 5.92 Å². The van der Waals surface area contributed by atoms with Crippen LogP contribution in [0.1, 0.15) is 30.9 Å². The first-order chi connectivity index (χ1) is 9.54. The highest BCUT2D eigenvalue weighted by Gasteiger charge is 2.05. The van der Waals surface area contributed by atoms with Crippen LogP contribution in [0.4, 0.5) is 0 Å². The van der Waals surface area contributed by atoms with Gasteiger partial charge in [0.15, 0.2) is 0 Å². The fraction of sp³-hybridized carbons (Fsp3) is 0.400. The summed E-state index contributed by atoms with van der Waals surface area (Å²) < 4.78 is 0. The van der Waals surface area contributed by atoms with Crippen LogP contribution in [-0.2, 0) is 13.0 Å². The molecule has 1 aromatic heterocycles. The van der Waals surface area contributed by atoms with Gasteiger partial charge in [-0.3, -0.25) is 0 Å². The Hall–Kier alpha value is -1.03. The lowest BCUT2D eigenvalue weighted by Gasteiger charge is -2.05. The van der Waals surface area contributed by atoms with Crippen molar-refractivity contribution < 1.29 is 0 Å². The third-order valence-electron chi connectivity index (χ3n) is 2.90. The maximum Gasteiger partial charge on any atom is 0.110 e. The third-order valence-corrected chi connectivity index (χ3v) is 3.64. The number of benzene rings is 1. The normalized spacial score (nSPS) is 11.2. The Balaban J connectivity index is 1.93. The van der Waals surface area contributed by atoms with Crippen molar-refractivity contribution in [1.82, 2.24) is 15.3 Å². The molecule has 2 aromatic rings. The molecular formula is C15H19Cl2N3. The molecule has 0 aliphatic carbocycles. The molecule has 0 fully saturated rings. The van der Waals surface area contributed by atoms with E-state index in [0.29, 0.717) is 16.0 Å². The Labute approximate surface area is 129 Å². The second-order valence-corrected chi connectivity index (χ2v) is 6.12. The van der Waals surface area contributed by atoms with Crippen molar-refractivity contribution in [2.45, 2.75) is 26.8 Å². The van der Waals surface area contributed by atoms with E-state index in [1.807, 2.05) is 24.4 Å². The van der Waals surface area contributed by atoms with E-state index in [0.717, 1.165) is 36.6 Å². The Morgan fingerprint density at radius 3 is 2.75 bits per heavy atom. The standard InChI is InChI=1S/C15H19Cl2N3/c1-10(2)7-18-8-12-9-19-15(20-12)6-11-3-4-13(16)14(17)5-11/h3-5,9-10,18H,6-8H2,1-2H3,(H,19,20). The highest BCUT2D eigenvalue weighted by molar-refractivity contribution is 6.42. The van der Waals surface area contributed by atoms with Crippen LogP contribution in [0.3, 0.4) is 0 Å². The maximum atomic E-state index is 6.01. The second-order valence-electron chi connectivity index (χ2n) is 5.31. The molecule has 5 heteroatoms. The van der Waals surface area contributed by atoms with Crippen LogP contribution < -0.4 is 5.32 Å². The third kappa shape index (κ3) is 4.51. The minimum Gasteiger partial charge on any atom is -0.345 e. The van der Waals surface area contributed by atoms with E-state index < -0.39 is 0 Å². The Bertz CT molecular complexity index is 564. The molecule has 0 spiro atoms. The van der Waals surface area contributed by atoms with Crippen molar-refractivity contribution in [3.63, 3.8) is 0 Å². The summed E-state index contributed by atoms with van der Waals surface area (Å²) in [6, 6.07) is 5.66. The predicted molar refractivity (Wildman–Crippen MR) is 84.4 cm³/mol. The number of H-pyrrole nitrogens is 1. The van der Waals surface area contributed by atoms with Gasteiger partial charge in [0.25, 0.3) is 0 Å². The van der Waals surface area contributed by atoms with Crippen LogP contribution in [0.15, 0.2) is 24.4 Å². The summed E-state index contributed by atoms with van der Waals surface area (Å²) in [7, 11) is 0. The fourth-order valence-electron chi connectivity index (χ4n) is 1.92. The van der Waals surface area contributed by atoms with Crippen LogP contribution >= 0.6 is 23.2 Å². The summed E-state index contributed by atoms with van der Waals surface area (Å²) in [5.41, 5.74) is 2.19. The smallest absolute Gasteiger partial charge is 0.110 e. The average Bonchev–Trinajstić information content (AvgIpc) is 2.81. The quantitative estimate of drug-likeness (QED) is 0.845. The molecule has 2 rings (SSSR count). The maximum absolute atomic E-state index is 6.01. The van der Waals surface area contributed by atoms with E-state index in [-0.39, 0.29) is 0 Å². The van der Waals surface area contributed by atoms with Gasteiger partial charge in [0.05, 0.1) is 10.0 Å². The van der Waals surface area contributed by atoms with Crippen LogP contribution in [0, 0.1) is 5.92 Å². The zero-order chi connectivity index (χ0) is 14.5. The van der Waals surface area contributed by atoms with Gasteiger partial charge in [0.2, 0.25) is 0 Å². The molecule has 0 atom stereocenters. The second kappa shape index (κ2) is 7.11. The largest absolute Gasteiger partial charge is 0.345 e. The van der Waals surface area contributed by atoms with Crippen LogP contribution in [0.2, 0.25) is 10.0 Å². The summed E-state index contributed by atoms with van der Waals surface area (Å²) in [5.74, 6) is 1.58. The summed E-state index contributed by atoms with van der Waals surface area (Å²) in [4.78, 5) is 7.71. The number of rotatable bonds is 6. The SMILES string of the molecule is CC(C)CNCc1cnc(Cc2ccc(Cl)c(Cl)c2)[nH]1. The number of nitrogens with one attached hydrogen (secondary N) is 2. The van der Waals surface area contributed by atoms with Crippen LogP contribution in [0.5, 0.6) is 0 Å². The predicted octanol–water partition coefficient (Wildman–Crippen LogP) is 4.05. The first-order valence-corrected chi connectivity index (χ1v) is 7.47. The topological polar surface area (TPSA) is 40.7 Å². The summed E-state index contributed by atoms with van der Waals surface area (Å²) in [6.45, 7) is 6.19. The highest BCUT2D eigenvalue weighted by Crippen LogP contribution is 2.23. The van der Waals surface area contributed by atoms with Crippen molar-refractivity contribution in [3.05, 3.63) is 51.5 Å². The highest BCUT2D eigenvalue weighted by atomic mass is 35.5. The number of imidazole rings is 1. The lowest BCUT2D eigenvalue weighted by molar-refractivity contribution is 0.548. The van der Waals surface area contributed by atoms with Gasteiger partial charge in [-0.15, -0.1) is 0 Å². The van der Waals surface area contributed by atoms with Gasteiger partial charge in [-0.1, -0.05) is 43.1 Å². The number of aromatic amines is 1. The zero-order valence-corrected chi connectivity index (χ0v) is 13.2. The number of hydrogen-bond donors (Lipinski definition) is 2. The van der Waals surface area contributed by atoms with Crippen LogP contribution in [0.25, 0.3) is 0 Å². The number of nitrogens with zero attached hydrogens (tertiary/aromatic N) is 1. The molecule has 0 aliphatic rings. The molecule has 0 radical (unpaired) electrons. The van der Waals surface area contributed by atoms with Crippen molar-refractivity contribution in [2.75, 3.05) is 6.54 Å². The van der Waals surface area contributed by atoms with Gasteiger partial charge < -0.3 is 10.3 Å². The first kappa shape index (κ1) is 15.4. The molecule has 108 valence electrons.